The fourth-order valence-corrected chi connectivity index (χ4v) is 1.97. The van der Waals surface area contributed by atoms with Gasteiger partial charge in [-0.15, -0.1) is 11.8 Å². The number of thioether (sulfide) groups is 1. The van der Waals surface area contributed by atoms with Crippen LogP contribution in [0.5, 0.6) is 0 Å². The lowest BCUT2D eigenvalue weighted by Gasteiger charge is -1.98. The second kappa shape index (κ2) is 6.70. The molecule has 0 N–H and O–H groups in total. The molecule has 1 nitrogen and oxygen atoms in total. The SMILES string of the molecule is CC(=O)/C=C/CCSc1ccc(Cl)cc1. The van der Waals surface area contributed by atoms with Gasteiger partial charge in [-0.05, 0) is 43.7 Å². The number of halogens is 1. The quantitative estimate of drug-likeness (QED) is 0.440. The van der Waals surface area contributed by atoms with Gasteiger partial charge in [-0.2, -0.15) is 0 Å². The van der Waals surface area contributed by atoms with Crippen LogP contribution in [0, 0.1) is 0 Å². The van der Waals surface area contributed by atoms with Gasteiger partial charge < -0.3 is 0 Å². The number of benzene rings is 1. The van der Waals surface area contributed by atoms with E-state index in [-0.39, 0.29) is 5.78 Å². The first-order chi connectivity index (χ1) is 7.18. The van der Waals surface area contributed by atoms with Gasteiger partial charge in [0.05, 0.1) is 0 Å². The average Bonchev–Trinajstić information content (AvgIpc) is 2.20. The maximum absolute atomic E-state index is 10.6. The van der Waals surface area contributed by atoms with Crippen LogP contribution in [-0.4, -0.2) is 11.5 Å². The number of hydrogen-bond acceptors (Lipinski definition) is 2. The smallest absolute Gasteiger partial charge is 0.152 e. The zero-order valence-corrected chi connectivity index (χ0v) is 10.1. The molecule has 3 heteroatoms. The van der Waals surface area contributed by atoms with Gasteiger partial charge in [0.15, 0.2) is 5.78 Å². The second-order valence-corrected chi connectivity index (χ2v) is 4.71. The Morgan fingerprint density at radius 3 is 2.67 bits per heavy atom. The summed E-state index contributed by atoms with van der Waals surface area (Å²) >= 11 is 7.53. The Bertz CT molecular complexity index is 343. The molecule has 0 radical (unpaired) electrons. The van der Waals surface area contributed by atoms with Crippen LogP contribution in [0.4, 0.5) is 0 Å². The average molecular weight is 241 g/mol. The van der Waals surface area contributed by atoms with Gasteiger partial charge in [0.25, 0.3) is 0 Å². The molecule has 80 valence electrons. The highest BCUT2D eigenvalue weighted by Crippen LogP contribution is 2.20. The third kappa shape index (κ3) is 5.65. The van der Waals surface area contributed by atoms with Crippen molar-refractivity contribution in [3.05, 3.63) is 41.4 Å². The Labute approximate surface area is 99.5 Å². The molecule has 15 heavy (non-hydrogen) atoms. The van der Waals surface area contributed by atoms with Gasteiger partial charge in [-0.25, -0.2) is 0 Å². The number of allylic oxidation sites excluding steroid dienone is 2. The number of carbonyl (C=O) groups excluding carboxylic acids is 1. The second-order valence-electron chi connectivity index (χ2n) is 3.10. The van der Waals surface area contributed by atoms with Crippen LogP contribution in [0.2, 0.25) is 5.02 Å². The van der Waals surface area contributed by atoms with E-state index in [9.17, 15) is 4.79 Å². The molecule has 0 fully saturated rings. The van der Waals surface area contributed by atoms with Gasteiger partial charge in [0.2, 0.25) is 0 Å². The van der Waals surface area contributed by atoms with E-state index in [0.717, 1.165) is 17.2 Å². The van der Waals surface area contributed by atoms with E-state index in [4.69, 9.17) is 11.6 Å². The molecule has 0 spiro atoms. The van der Waals surface area contributed by atoms with Crippen molar-refractivity contribution < 1.29 is 4.79 Å². The van der Waals surface area contributed by atoms with Crippen molar-refractivity contribution in [2.75, 3.05) is 5.75 Å². The van der Waals surface area contributed by atoms with Crippen LogP contribution >= 0.6 is 23.4 Å². The molecule has 0 heterocycles. The van der Waals surface area contributed by atoms with Crippen LogP contribution in [0.1, 0.15) is 13.3 Å². The molecule has 0 saturated carbocycles. The lowest BCUT2D eigenvalue weighted by Crippen LogP contribution is -1.81. The van der Waals surface area contributed by atoms with Crippen molar-refractivity contribution in [1.82, 2.24) is 0 Å². The molecular formula is C12H13ClOS. The van der Waals surface area contributed by atoms with Gasteiger partial charge >= 0.3 is 0 Å². The summed E-state index contributed by atoms with van der Waals surface area (Å²) in [5.74, 6) is 1.08. The van der Waals surface area contributed by atoms with E-state index in [0.29, 0.717) is 0 Å². The highest BCUT2D eigenvalue weighted by molar-refractivity contribution is 7.99. The molecule has 0 aliphatic heterocycles. The molecule has 0 atom stereocenters. The largest absolute Gasteiger partial charge is 0.295 e. The van der Waals surface area contributed by atoms with E-state index in [1.165, 1.54) is 4.90 Å². The highest BCUT2D eigenvalue weighted by atomic mass is 35.5. The Balaban J connectivity index is 2.26. The van der Waals surface area contributed by atoms with E-state index in [2.05, 4.69) is 0 Å². The molecule has 0 aliphatic carbocycles. The zero-order chi connectivity index (χ0) is 11.1. The minimum Gasteiger partial charge on any atom is -0.295 e. The van der Waals surface area contributed by atoms with Crippen molar-refractivity contribution in [2.45, 2.75) is 18.2 Å². The van der Waals surface area contributed by atoms with Crippen molar-refractivity contribution in [3.63, 3.8) is 0 Å². The minimum atomic E-state index is 0.103. The van der Waals surface area contributed by atoms with Crippen LogP contribution in [0.15, 0.2) is 41.3 Å². The first kappa shape index (κ1) is 12.3. The van der Waals surface area contributed by atoms with Gasteiger partial charge in [0, 0.05) is 15.7 Å². The summed E-state index contributed by atoms with van der Waals surface area (Å²) in [7, 11) is 0. The standard InChI is InChI=1S/C12H13ClOS/c1-10(14)4-2-3-9-15-12-7-5-11(13)6-8-12/h2,4-8H,3,9H2,1H3/b4-2+. The Kier molecular flexibility index (Phi) is 5.51. The lowest BCUT2D eigenvalue weighted by molar-refractivity contribution is -0.112. The van der Waals surface area contributed by atoms with Crippen LogP contribution in [-0.2, 0) is 4.79 Å². The topological polar surface area (TPSA) is 17.1 Å². The lowest BCUT2D eigenvalue weighted by atomic mass is 10.3. The first-order valence-corrected chi connectivity index (χ1v) is 6.10. The van der Waals surface area contributed by atoms with Crippen molar-refractivity contribution in [2.24, 2.45) is 0 Å². The van der Waals surface area contributed by atoms with Gasteiger partial charge in [-0.3, -0.25) is 4.79 Å². The molecule has 0 amide bonds. The molecule has 0 unspecified atom stereocenters. The first-order valence-electron chi connectivity index (χ1n) is 4.74. The molecule has 1 aromatic carbocycles. The Morgan fingerprint density at radius 2 is 2.07 bits per heavy atom. The third-order valence-corrected chi connectivity index (χ3v) is 3.02. The summed E-state index contributed by atoms with van der Waals surface area (Å²) in [5, 5.41) is 0.760. The summed E-state index contributed by atoms with van der Waals surface area (Å²) in [4.78, 5) is 11.8. The summed E-state index contributed by atoms with van der Waals surface area (Å²) in [6, 6.07) is 7.77. The molecule has 0 saturated heterocycles. The van der Waals surface area contributed by atoms with E-state index in [1.54, 1.807) is 24.8 Å². The Morgan fingerprint density at radius 1 is 1.40 bits per heavy atom. The summed E-state index contributed by atoms with van der Waals surface area (Å²) in [5.41, 5.74) is 0. The normalized spacial score (nSPS) is 10.8. The monoisotopic (exact) mass is 240 g/mol. The number of ketones is 1. The molecule has 0 bridgehead atoms. The molecular weight excluding hydrogens is 228 g/mol. The number of rotatable bonds is 5. The third-order valence-electron chi connectivity index (χ3n) is 1.72. The highest BCUT2D eigenvalue weighted by Gasteiger charge is 1.92. The van der Waals surface area contributed by atoms with Crippen LogP contribution in [0.3, 0.4) is 0 Å². The van der Waals surface area contributed by atoms with Gasteiger partial charge in [0.1, 0.15) is 0 Å². The van der Waals surface area contributed by atoms with Gasteiger partial charge in [-0.1, -0.05) is 17.7 Å². The maximum atomic E-state index is 10.6. The van der Waals surface area contributed by atoms with E-state index < -0.39 is 0 Å². The molecule has 0 aliphatic rings. The summed E-state index contributed by atoms with van der Waals surface area (Å²) < 4.78 is 0. The Hall–Kier alpha value is -0.730. The van der Waals surface area contributed by atoms with Crippen molar-refractivity contribution in [1.29, 1.82) is 0 Å². The van der Waals surface area contributed by atoms with Crippen molar-refractivity contribution >= 4 is 29.1 Å². The maximum Gasteiger partial charge on any atom is 0.152 e. The van der Waals surface area contributed by atoms with E-state index in [1.807, 2.05) is 30.3 Å². The summed E-state index contributed by atoms with van der Waals surface area (Å²) in [6.07, 6.45) is 4.43. The van der Waals surface area contributed by atoms with E-state index >= 15 is 0 Å². The molecule has 1 aromatic rings. The number of hydrogen-bond donors (Lipinski definition) is 0. The van der Waals surface area contributed by atoms with Crippen molar-refractivity contribution in [3.8, 4) is 0 Å². The fourth-order valence-electron chi connectivity index (χ4n) is 1.02. The summed E-state index contributed by atoms with van der Waals surface area (Å²) in [6.45, 7) is 1.56. The number of carbonyl (C=O) groups is 1. The minimum absolute atomic E-state index is 0.103. The molecule has 1 rings (SSSR count). The predicted octanol–water partition coefficient (Wildman–Crippen LogP) is 3.97. The molecule has 0 aromatic heterocycles. The van der Waals surface area contributed by atoms with Crippen LogP contribution < -0.4 is 0 Å². The predicted molar refractivity (Wildman–Crippen MR) is 66.6 cm³/mol. The zero-order valence-electron chi connectivity index (χ0n) is 8.57. The van der Waals surface area contributed by atoms with Crippen LogP contribution in [0.25, 0.3) is 0 Å². The fraction of sp³-hybridized carbons (Fsp3) is 0.250.